The molecule has 0 spiro atoms. The van der Waals surface area contributed by atoms with Gasteiger partial charge >= 0.3 is 0 Å². The maximum atomic E-state index is 3.31. The van der Waals surface area contributed by atoms with Crippen LogP contribution in [0.2, 0.25) is 0 Å². The topological polar surface area (TPSA) is 12.0 Å². The first-order valence-electron chi connectivity index (χ1n) is 7.90. The van der Waals surface area contributed by atoms with E-state index in [1.54, 1.807) is 0 Å². The van der Waals surface area contributed by atoms with Gasteiger partial charge in [-0.3, -0.25) is 0 Å². The van der Waals surface area contributed by atoms with Crippen molar-refractivity contribution in [3.8, 4) is 0 Å². The second-order valence-electron chi connectivity index (χ2n) is 6.24. The summed E-state index contributed by atoms with van der Waals surface area (Å²) < 4.78 is 0. The fourth-order valence-corrected chi connectivity index (χ4v) is 3.42. The summed E-state index contributed by atoms with van der Waals surface area (Å²) in [6, 6.07) is 0. The molecule has 0 bridgehead atoms. The third-order valence-electron chi connectivity index (χ3n) is 4.65. The van der Waals surface area contributed by atoms with Gasteiger partial charge in [-0.05, 0) is 44.2 Å². The number of nitrogens with one attached hydrogen (secondary N) is 1. The van der Waals surface area contributed by atoms with Crippen molar-refractivity contribution >= 4 is 0 Å². The van der Waals surface area contributed by atoms with Gasteiger partial charge in [0.15, 0.2) is 0 Å². The molecule has 0 aromatic rings. The molecule has 0 aromatic heterocycles. The first-order valence-corrected chi connectivity index (χ1v) is 7.90. The van der Waals surface area contributed by atoms with Gasteiger partial charge in [0.1, 0.15) is 0 Å². The highest BCUT2D eigenvalue weighted by Crippen LogP contribution is 2.30. The SMILES string of the molecule is CCC1CCCC(C)CC(CCNC)CCC1. The highest BCUT2D eigenvalue weighted by molar-refractivity contribution is 4.70. The average Bonchev–Trinajstić information content (AvgIpc) is 2.33. The summed E-state index contributed by atoms with van der Waals surface area (Å²) in [4.78, 5) is 0. The molecule has 17 heavy (non-hydrogen) atoms. The van der Waals surface area contributed by atoms with E-state index in [9.17, 15) is 0 Å². The third-order valence-corrected chi connectivity index (χ3v) is 4.65. The molecule has 1 nitrogen and oxygen atoms in total. The Morgan fingerprint density at radius 3 is 2.29 bits per heavy atom. The third kappa shape index (κ3) is 6.45. The molecule has 0 aliphatic heterocycles. The molecule has 0 amide bonds. The van der Waals surface area contributed by atoms with Crippen LogP contribution in [-0.4, -0.2) is 13.6 Å². The van der Waals surface area contributed by atoms with Crippen LogP contribution in [0.1, 0.15) is 71.6 Å². The summed E-state index contributed by atoms with van der Waals surface area (Å²) in [6.45, 7) is 6.04. The number of hydrogen-bond acceptors (Lipinski definition) is 1. The molecule has 1 saturated carbocycles. The van der Waals surface area contributed by atoms with Crippen molar-refractivity contribution < 1.29 is 0 Å². The van der Waals surface area contributed by atoms with Crippen molar-refractivity contribution in [2.45, 2.75) is 71.6 Å². The van der Waals surface area contributed by atoms with E-state index in [2.05, 4.69) is 26.2 Å². The van der Waals surface area contributed by atoms with Crippen molar-refractivity contribution in [3.63, 3.8) is 0 Å². The summed E-state index contributed by atoms with van der Waals surface area (Å²) >= 11 is 0. The molecular formula is C16H33N. The Bertz CT molecular complexity index is 178. The van der Waals surface area contributed by atoms with E-state index >= 15 is 0 Å². The lowest BCUT2D eigenvalue weighted by molar-refractivity contribution is 0.281. The largest absolute Gasteiger partial charge is 0.320 e. The summed E-state index contributed by atoms with van der Waals surface area (Å²) in [5, 5.41) is 3.31. The molecular weight excluding hydrogens is 206 g/mol. The number of hydrogen-bond donors (Lipinski definition) is 1. The van der Waals surface area contributed by atoms with Crippen molar-refractivity contribution in [2.75, 3.05) is 13.6 Å². The molecule has 1 aliphatic carbocycles. The number of rotatable bonds is 4. The monoisotopic (exact) mass is 239 g/mol. The molecule has 102 valence electrons. The molecule has 3 unspecified atom stereocenters. The van der Waals surface area contributed by atoms with E-state index in [0.717, 1.165) is 17.8 Å². The van der Waals surface area contributed by atoms with E-state index in [-0.39, 0.29) is 0 Å². The molecule has 1 N–H and O–H groups in total. The van der Waals surface area contributed by atoms with Crippen LogP contribution in [0.15, 0.2) is 0 Å². The molecule has 0 aromatic carbocycles. The predicted molar refractivity (Wildman–Crippen MR) is 77.3 cm³/mol. The molecule has 1 heteroatoms. The normalized spacial score (nSPS) is 32.3. The predicted octanol–water partition coefficient (Wildman–Crippen LogP) is 4.62. The Morgan fingerprint density at radius 2 is 1.65 bits per heavy atom. The molecule has 0 radical (unpaired) electrons. The average molecular weight is 239 g/mol. The lowest BCUT2D eigenvalue weighted by Gasteiger charge is -2.25. The van der Waals surface area contributed by atoms with Gasteiger partial charge in [-0.15, -0.1) is 0 Å². The summed E-state index contributed by atoms with van der Waals surface area (Å²) in [5.74, 6) is 2.95. The van der Waals surface area contributed by atoms with Crippen LogP contribution in [0.4, 0.5) is 0 Å². The van der Waals surface area contributed by atoms with Crippen molar-refractivity contribution in [2.24, 2.45) is 17.8 Å². The lowest BCUT2D eigenvalue weighted by Crippen LogP contribution is -2.16. The highest BCUT2D eigenvalue weighted by atomic mass is 14.8. The standard InChI is InChI=1S/C16H33N/c1-4-15-8-5-7-14(2)13-16(10-6-9-15)11-12-17-3/h14-17H,4-13H2,1-3H3. The van der Waals surface area contributed by atoms with E-state index in [0.29, 0.717) is 0 Å². The lowest BCUT2D eigenvalue weighted by atomic mass is 9.82. The van der Waals surface area contributed by atoms with Crippen molar-refractivity contribution in [1.29, 1.82) is 0 Å². The summed E-state index contributed by atoms with van der Waals surface area (Å²) in [5.41, 5.74) is 0. The molecule has 1 aliphatic rings. The maximum Gasteiger partial charge on any atom is -0.00493 e. The minimum Gasteiger partial charge on any atom is -0.320 e. The van der Waals surface area contributed by atoms with E-state index in [1.165, 1.54) is 64.3 Å². The zero-order valence-corrected chi connectivity index (χ0v) is 12.3. The Kier molecular flexibility index (Phi) is 7.92. The van der Waals surface area contributed by atoms with E-state index < -0.39 is 0 Å². The Labute approximate surface area is 109 Å². The summed E-state index contributed by atoms with van der Waals surface area (Å²) in [7, 11) is 2.08. The molecule has 1 fully saturated rings. The van der Waals surface area contributed by atoms with Crippen LogP contribution in [0, 0.1) is 17.8 Å². The Morgan fingerprint density at radius 1 is 1.00 bits per heavy atom. The van der Waals surface area contributed by atoms with Gasteiger partial charge in [0.05, 0.1) is 0 Å². The first-order chi connectivity index (χ1) is 8.26. The Balaban J connectivity index is 2.39. The second-order valence-corrected chi connectivity index (χ2v) is 6.24. The Hall–Kier alpha value is -0.0400. The van der Waals surface area contributed by atoms with Gasteiger partial charge in [0.25, 0.3) is 0 Å². The quantitative estimate of drug-likeness (QED) is 0.755. The van der Waals surface area contributed by atoms with E-state index in [1.807, 2.05) is 0 Å². The fourth-order valence-electron chi connectivity index (χ4n) is 3.42. The fraction of sp³-hybridized carbons (Fsp3) is 1.00. The van der Waals surface area contributed by atoms with Crippen LogP contribution >= 0.6 is 0 Å². The molecule has 0 heterocycles. The van der Waals surface area contributed by atoms with Gasteiger partial charge in [-0.1, -0.05) is 58.8 Å². The van der Waals surface area contributed by atoms with Crippen LogP contribution in [0.25, 0.3) is 0 Å². The van der Waals surface area contributed by atoms with Gasteiger partial charge in [0.2, 0.25) is 0 Å². The zero-order valence-electron chi connectivity index (χ0n) is 12.3. The van der Waals surface area contributed by atoms with Crippen molar-refractivity contribution in [3.05, 3.63) is 0 Å². The molecule has 1 rings (SSSR count). The van der Waals surface area contributed by atoms with Gasteiger partial charge in [-0.25, -0.2) is 0 Å². The van der Waals surface area contributed by atoms with Crippen LogP contribution in [-0.2, 0) is 0 Å². The molecule has 3 atom stereocenters. The van der Waals surface area contributed by atoms with Crippen molar-refractivity contribution in [1.82, 2.24) is 5.32 Å². The molecule has 0 saturated heterocycles. The van der Waals surface area contributed by atoms with Crippen LogP contribution in [0.3, 0.4) is 0 Å². The van der Waals surface area contributed by atoms with E-state index in [4.69, 9.17) is 0 Å². The van der Waals surface area contributed by atoms with Crippen LogP contribution in [0.5, 0.6) is 0 Å². The zero-order chi connectivity index (χ0) is 12.5. The van der Waals surface area contributed by atoms with Crippen LogP contribution < -0.4 is 5.32 Å². The van der Waals surface area contributed by atoms with Gasteiger partial charge in [0, 0.05) is 0 Å². The highest BCUT2D eigenvalue weighted by Gasteiger charge is 2.16. The maximum absolute atomic E-state index is 3.31. The van der Waals surface area contributed by atoms with Gasteiger partial charge < -0.3 is 5.32 Å². The second kappa shape index (κ2) is 8.97. The minimum absolute atomic E-state index is 0.951. The minimum atomic E-state index is 0.951. The van der Waals surface area contributed by atoms with Gasteiger partial charge in [-0.2, -0.15) is 0 Å². The summed E-state index contributed by atoms with van der Waals surface area (Å²) in [6.07, 6.45) is 13.1. The smallest absolute Gasteiger partial charge is 0.00493 e. The first kappa shape index (κ1) is 15.0.